The van der Waals surface area contributed by atoms with Gasteiger partial charge in [0.2, 0.25) is 0 Å². The molecule has 1 rings (SSSR count). The van der Waals surface area contributed by atoms with E-state index in [-0.39, 0.29) is 29.9 Å². The molecule has 0 saturated carbocycles. The fourth-order valence-electron chi connectivity index (χ4n) is 1.61. The van der Waals surface area contributed by atoms with Crippen molar-refractivity contribution in [2.75, 3.05) is 13.2 Å². The standard InChI is InChI=1S/C12H17F3NO3PS/c1-3-18-20(17,19-4-2)11(16)9-5-7-10(8-6-9)21-12(13,14)15/h5-8,11H,3-4,16H2,1-2H3/t11-/m1/s1. The summed E-state index contributed by atoms with van der Waals surface area (Å²) in [5.74, 6) is -1.04. The SMILES string of the molecule is CCOP(=O)(OCC)[C@@H](N)c1ccc(SC(F)(F)F)cc1. The minimum Gasteiger partial charge on any atom is -0.314 e. The third kappa shape index (κ3) is 5.64. The van der Waals surface area contributed by atoms with E-state index in [0.29, 0.717) is 5.56 Å². The van der Waals surface area contributed by atoms with Gasteiger partial charge in [0.1, 0.15) is 5.78 Å². The molecule has 0 amide bonds. The van der Waals surface area contributed by atoms with Crippen molar-refractivity contribution in [1.29, 1.82) is 0 Å². The largest absolute Gasteiger partial charge is 0.446 e. The van der Waals surface area contributed by atoms with Gasteiger partial charge in [-0.1, -0.05) is 12.1 Å². The van der Waals surface area contributed by atoms with E-state index in [9.17, 15) is 17.7 Å². The van der Waals surface area contributed by atoms with E-state index in [1.54, 1.807) is 13.8 Å². The molecule has 4 nitrogen and oxygen atoms in total. The second-order valence-corrected chi connectivity index (χ2v) is 7.23. The molecule has 0 aliphatic heterocycles. The van der Waals surface area contributed by atoms with Crippen LogP contribution in [0, 0.1) is 0 Å². The molecule has 0 aliphatic carbocycles. The third-order valence-electron chi connectivity index (χ3n) is 2.41. The lowest BCUT2D eigenvalue weighted by atomic mass is 10.2. The number of nitrogens with two attached hydrogens (primary N) is 1. The van der Waals surface area contributed by atoms with Crippen LogP contribution < -0.4 is 5.73 Å². The molecule has 0 aliphatic rings. The maximum absolute atomic E-state index is 12.5. The Hall–Kier alpha value is -0.530. The van der Waals surface area contributed by atoms with Gasteiger partial charge in [-0.25, -0.2) is 0 Å². The van der Waals surface area contributed by atoms with Crippen LogP contribution in [0.15, 0.2) is 29.2 Å². The number of halogens is 3. The van der Waals surface area contributed by atoms with Crippen LogP contribution in [0.3, 0.4) is 0 Å². The number of hydrogen-bond acceptors (Lipinski definition) is 5. The quantitative estimate of drug-likeness (QED) is 0.582. The van der Waals surface area contributed by atoms with E-state index in [4.69, 9.17) is 14.8 Å². The second kappa shape index (κ2) is 7.65. The molecule has 0 aromatic heterocycles. The Morgan fingerprint density at radius 1 is 1.19 bits per heavy atom. The average molecular weight is 343 g/mol. The smallest absolute Gasteiger partial charge is 0.314 e. The van der Waals surface area contributed by atoms with Crippen molar-refractivity contribution < 1.29 is 26.8 Å². The molecule has 1 aromatic carbocycles. The van der Waals surface area contributed by atoms with Gasteiger partial charge in [-0.15, -0.1) is 0 Å². The molecular formula is C12H17F3NO3PS. The Balaban J connectivity index is 2.91. The number of benzene rings is 1. The van der Waals surface area contributed by atoms with E-state index in [1.807, 2.05) is 0 Å². The molecule has 1 aromatic rings. The van der Waals surface area contributed by atoms with Crippen LogP contribution in [0.1, 0.15) is 25.2 Å². The number of rotatable bonds is 7. The van der Waals surface area contributed by atoms with Gasteiger partial charge in [-0.2, -0.15) is 13.2 Å². The van der Waals surface area contributed by atoms with E-state index in [2.05, 4.69) is 0 Å². The average Bonchev–Trinajstić information content (AvgIpc) is 2.37. The first-order valence-corrected chi connectivity index (χ1v) is 8.64. The fraction of sp³-hybridized carbons (Fsp3) is 0.500. The molecule has 1 atom stereocenters. The van der Waals surface area contributed by atoms with Crippen LogP contribution in [0.5, 0.6) is 0 Å². The highest BCUT2D eigenvalue weighted by atomic mass is 32.2. The minimum atomic E-state index is -4.35. The van der Waals surface area contributed by atoms with Gasteiger partial charge >= 0.3 is 13.1 Å². The Bertz CT molecular complexity index is 486. The topological polar surface area (TPSA) is 61.5 Å². The number of hydrogen-bond donors (Lipinski definition) is 1. The molecule has 0 spiro atoms. The molecule has 0 saturated heterocycles. The highest BCUT2D eigenvalue weighted by Gasteiger charge is 2.34. The van der Waals surface area contributed by atoms with Gasteiger partial charge < -0.3 is 14.8 Å². The Morgan fingerprint density at radius 3 is 2.05 bits per heavy atom. The van der Waals surface area contributed by atoms with Gasteiger partial charge in [-0.05, 0) is 43.3 Å². The lowest BCUT2D eigenvalue weighted by Crippen LogP contribution is -2.15. The molecule has 2 N–H and O–H groups in total. The molecule has 0 heterocycles. The molecule has 0 fully saturated rings. The summed E-state index contributed by atoms with van der Waals surface area (Å²) in [7, 11) is -3.54. The predicted molar refractivity (Wildman–Crippen MR) is 76.1 cm³/mol. The fourth-order valence-corrected chi connectivity index (χ4v) is 3.80. The van der Waals surface area contributed by atoms with E-state index in [0.717, 1.165) is 0 Å². The molecular weight excluding hydrogens is 326 g/mol. The van der Waals surface area contributed by atoms with Crippen LogP contribution in [-0.2, 0) is 13.6 Å². The minimum absolute atomic E-state index is 0.0288. The monoisotopic (exact) mass is 343 g/mol. The van der Waals surface area contributed by atoms with E-state index in [1.165, 1.54) is 24.3 Å². The highest BCUT2D eigenvalue weighted by molar-refractivity contribution is 8.00. The summed E-state index contributed by atoms with van der Waals surface area (Å²) in [6, 6.07) is 5.33. The number of thioether (sulfide) groups is 1. The van der Waals surface area contributed by atoms with Crippen LogP contribution >= 0.6 is 19.4 Å². The van der Waals surface area contributed by atoms with Crippen LogP contribution in [0.2, 0.25) is 0 Å². The third-order valence-corrected chi connectivity index (χ3v) is 5.37. The van der Waals surface area contributed by atoms with Gasteiger partial charge in [0.25, 0.3) is 0 Å². The van der Waals surface area contributed by atoms with Crippen LogP contribution in [-0.4, -0.2) is 18.7 Å². The Morgan fingerprint density at radius 2 is 1.67 bits per heavy atom. The molecule has 0 unspecified atom stereocenters. The summed E-state index contributed by atoms with van der Waals surface area (Å²) >= 11 is -0.223. The number of alkyl halides is 3. The summed E-state index contributed by atoms with van der Waals surface area (Å²) in [5, 5.41) is 0. The summed E-state index contributed by atoms with van der Waals surface area (Å²) in [6.45, 7) is 3.63. The lowest BCUT2D eigenvalue weighted by molar-refractivity contribution is -0.0328. The lowest BCUT2D eigenvalue weighted by Gasteiger charge is -2.23. The van der Waals surface area contributed by atoms with Gasteiger partial charge in [-0.3, -0.25) is 4.57 Å². The second-order valence-electron chi connectivity index (χ2n) is 3.94. The maximum atomic E-state index is 12.5. The summed E-state index contributed by atoms with van der Waals surface area (Å²) in [5.41, 5.74) is 1.92. The zero-order valence-corrected chi connectivity index (χ0v) is 13.3. The zero-order valence-electron chi connectivity index (χ0n) is 11.6. The normalized spacial score (nSPS) is 14.2. The van der Waals surface area contributed by atoms with Crippen molar-refractivity contribution in [2.24, 2.45) is 5.73 Å². The van der Waals surface area contributed by atoms with Gasteiger partial charge in [0.15, 0.2) is 0 Å². The Labute approximate surface area is 125 Å². The van der Waals surface area contributed by atoms with E-state index >= 15 is 0 Å². The van der Waals surface area contributed by atoms with Crippen molar-refractivity contribution >= 4 is 19.4 Å². The van der Waals surface area contributed by atoms with Crippen LogP contribution in [0.25, 0.3) is 0 Å². The van der Waals surface area contributed by atoms with Gasteiger partial charge in [0.05, 0.1) is 13.2 Å². The molecule has 0 bridgehead atoms. The molecule has 21 heavy (non-hydrogen) atoms. The molecule has 120 valence electrons. The van der Waals surface area contributed by atoms with Gasteiger partial charge in [0, 0.05) is 4.90 Å². The summed E-state index contributed by atoms with van der Waals surface area (Å²) < 4.78 is 59.4. The molecule has 0 radical (unpaired) electrons. The predicted octanol–water partition coefficient (Wildman–Crippen LogP) is 4.52. The van der Waals surface area contributed by atoms with E-state index < -0.39 is 18.9 Å². The van der Waals surface area contributed by atoms with Crippen molar-refractivity contribution in [3.05, 3.63) is 29.8 Å². The molecule has 9 heteroatoms. The first-order chi connectivity index (χ1) is 9.72. The van der Waals surface area contributed by atoms with Crippen LogP contribution in [0.4, 0.5) is 13.2 Å². The summed E-state index contributed by atoms with van der Waals surface area (Å²) in [6.07, 6.45) is 0. The van der Waals surface area contributed by atoms with Crippen molar-refractivity contribution in [1.82, 2.24) is 0 Å². The van der Waals surface area contributed by atoms with Crippen molar-refractivity contribution in [3.8, 4) is 0 Å². The Kier molecular flexibility index (Phi) is 6.74. The van der Waals surface area contributed by atoms with Crippen molar-refractivity contribution in [2.45, 2.75) is 30.0 Å². The maximum Gasteiger partial charge on any atom is 0.446 e. The first kappa shape index (κ1) is 18.5. The van der Waals surface area contributed by atoms with Crippen molar-refractivity contribution in [3.63, 3.8) is 0 Å². The zero-order chi connectivity index (χ0) is 16.1. The highest BCUT2D eigenvalue weighted by Crippen LogP contribution is 2.58. The summed E-state index contributed by atoms with van der Waals surface area (Å²) in [4.78, 5) is 0.0288. The first-order valence-electron chi connectivity index (χ1n) is 6.22.